The quantitative estimate of drug-likeness (QED) is 0.644. The second-order valence-electron chi connectivity index (χ2n) is 6.53. The van der Waals surface area contributed by atoms with E-state index in [4.69, 9.17) is 9.47 Å². The van der Waals surface area contributed by atoms with E-state index in [0.29, 0.717) is 0 Å². The fraction of sp³-hybridized carbons (Fsp3) is 0.875. The first-order valence-corrected chi connectivity index (χ1v) is 7.84. The molecule has 0 amide bonds. The number of rotatable bonds is 6. The maximum Gasteiger partial charge on any atom is 0.412 e. The highest BCUT2D eigenvalue weighted by atomic mass is 19.4. The monoisotopic (exact) mass is 306 g/mol. The molecule has 0 radical (unpaired) electrons. The van der Waals surface area contributed by atoms with Crippen molar-refractivity contribution < 1.29 is 22.6 Å². The second-order valence-corrected chi connectivity index (χ2v) is 6.53. The molecule has 0 aromatic heterocycles. The third kappa shape index (κ3) is 4.15. The Labute approximate surface area is 124 Å². The van der Waals surface area contributed by atoms with Crippen LogP contribution in [0.4, 0.5) is 13.2 Å². The lowest BCUT2D eigenvalue weighted by molar-refractivity contribution is -0.0937. The number of hydrogen-bond donors (Lipinski definition) is 0. The molecule has 0 aromatic carbocycles. The Morgan fingerprint density at radius 2 is 2.05 bits per heavy atom. The molecular weight excluding hydrogens is 281 g/mol. The van der Waals surface area contributed by atoms with Gasteiger partial charge in [0.15, 0.2) is 0 Å². The smallest absolute Gasteiger partial charge is 0.412 e. The van der Waals surface area contributed by atoms with E-state index >= 15 is 0 Å². The van der Waals surface area contributed by atoms with Crippen molar-refractivity contribution in [2.75, 3.05) is 0 Å². The van der Waals surface area contributed by atoms with Gasteiger partial charge in [0, 0.05) is 5.92 Å². The van der Waals surface area contributed by atoms with Crippen molar-refractivity contribution >= 4 is 0 Å². The molecule has 2 nitrogen and oxygen atoms in total. The summed E-state index contributed by atoms with van der Waals surface area (Å²) in [6, 6.07) is 0. The molecule has 2 aliphatic heterocycles. The van der Waals surface area contributed by atoms with Gasteiger partial charge in [-0.2, -0.15) is 13.2 Å². The lowest BCUT2D eigenvalue weighted by Crippen LogP contribution is -2.42. The van der Waals surface area contributed by atoms with Gasteiger partial charge in [0.1, 0.15) is 5.60 Å². The third-order valence-corrected chi connectivity index (χ3v) is 4.68. The number of fused-ring (bicyclic) bond motifs is 2. The van der Waals surface area contributed by atoms with E-state index in [1.54, 1.807) is 0 Å². The molecule has 2 bridgehead atoms. The Balaban J connectivity index is 2.11. The highest BCUT2D eigenvalue weighted by Gasteiger charge is 2.50. The zero-order valence-corrected chi connectivity index (χ0v) is 13.0. The first-order chi connectivity index (χ1) is 9.73. The summed E-state index contributed by atoms with van der Waals surface area (Å²) in [7, 11) is 0. The molecule has 4 unspecified atom stereocenters. The van der Waals surface area contributed by atoms with Crippen LogP contribution in [0.3, 0.4) is 0 Å². The summed E-state index contributed by atoms with van der Waals surface area (Å²) in [6.07, 6.45) is 2.05. The zero-order chi connectivity index (χ0) is 15.7. The molecule has 0 aliphatic carbocycles. The van der Waals surface area contributed by atoms with Gasteiger partial charge in [-0.3, -0.25) is 0 Å². The number of halogens is 3. The van der Waals surface area contributed by atoms with Crippen LogP contribution < -0.4 is 0 Å². The Hall–Kier alpha value is -0.710. The van der Waals surface area contributed by atoms with Crippen molar-refractivity contribution in [1.29, 1.82) is 0 Å². The molecule has 2 rings (SSSR count). The lowest BCUT2D eigenvalue weighted by atomic mass is 9.75. The van der Waals surface area contributed by atoms with E-state index < -0.39 is 11.8 Å². The van der Waals surface area contributed by atoms with Gasteiger partial charge in [-0.1, -0.05) is 13.3 Å². The van der Waals surface area contributed by atoms with Gasteiger partial charge in [0.05, 0.1) is 24.0 Å². The first-order valence-electron chi connectivity index (χ1n) is 7.84. The molecule has 21 heavy (non-hydrogen) atoms. The summed E-state index contributed by atoms with van der Waals surface area (Å²) >= 11 is 0. The molecule has 4 atom stereocenters. The van der Waals surface area contributed by atoms with Gasteiger partial charge in [0.2, 0.25) is 0 Å². The van der Waals surface area contributed by atoms with Crippen LogP contribution in [0.2, 0.25) is 0 Å². The number of ether oxygens (including phenoxy) is 2. The van der Waals surface area contributed by atoms with Crippen molar-refractivity contribution in [2.45, 2.75) is 83.3 Å². The molecule has 0 N–H and O–H groups in total. The van der Waals surface area contributed by atoms with E-state index in [1.165, 1.54) is 6.92 Å². The van der Waals surface area contributed by atoms with Gasteiger partial charge in [-0.15, -0.1) is 0 Å². The fourth-order valence-corrected chi connectivity index (χ4v) is 3.75. The number of allylic oxidation sites excluding steroid dienone is 2. The predicted octanol–water partition coefficient (Wildman–Crippen LogP) is 4.99. The maximum absolute atomic E-state index is 12.5. The molecule has 122 valence electrons. The van der Waals surface area contributed by atoms with Gasteiger partial charge in [-0.25, -0.2) is 0 Å². The fourth-order valence-electron chi connectivity index (χ4n) is 3.75. The van der Waals surface area contributed by atoms with Crippen LogP contribution >= 0.6 is 0 Å². The average Bonchev–Trinajstić information content (AvgIpc) is 2.96. The molecule has 5 heteroatoms. The molecule has 2 heterocycles. The largest absolute Gasteiger partial charge is 0.492 e. The van der Waals surface area contributed by atoms with E-state index in [-0.39, 0.29) is 30.0 Å². The Kier molecular flexibility index (Phi) is 4.91. The molecule has 2 fully saturated rings. The minimum Gasteiger partial charge on any atom is -0.492 e. The third-order valence-electron chi connectivity index (χ3n) is 4.68. The maximum atomic E-state index is 12.5. The summed E-state index contributed by atoms with van der Waals surface area (Å²) in [5, 5.41) is 0. The second kappa shape index (κ2) is 6.19. The van der Waals surface area contributed by atoms with Crippen molar-refractivity contribution in [3.05, 3.63) is 11.8 Å². The van der Waals surface area contributed by atoms with Crippen LogP contribution in [0.5, 0.6) is 0 Å². The van der Waals surface area contributed by atoms with E-state index in [2.05, 4.69) is 6.92 Å². The molecule has 2 saturated heterocycles. The SMILES string of the molecule is CCCCC(C)(OC(C)=CC(F)(F)F)C1CC2CCC1O2. The van der Waals surface area contributed by atoms with Gasteiger partial charge < -0.3 is 9.47 Å². The van der Waals surface area contributed by atoms with Crippen molar-refractivity contribution in [1.82, 2.24) is 0 Å². The van der Waals surface area contributed by atoms with Crippen LogP contribution in [0, 0.1) is 5.92 Å². The Morgan fingerprint density at radius 3 is 2.52 bits per heavy atom. The van der Waals surface area contributed by atoms with Crippen molar-refractivity contribution in [2.24, 2.45) is 5.92 Å². The predicted molar refractivity (Wildman–Crippen MR) is 74.8 cm³/mol. The molecule has 2 aliphatic rings. The number of hydrogen-bond acceptors (Lipinski definition) is 2. The normalized spacial score (nSPS) is 32.3. The van der Waals surface area contributed by atoms with Crippen LogP contribution in [0.15, 0.2) is 11.8 Å². The molecule has 0 saturated carbocycles. The minimum atomic E-state index is -4.33. The summed E-state index contributed by atoms with van der Waals surface area (Å²) in [5.74, 6) is 0.142. The van der Waals surface area contributed by atoms with Gasteiger partial charge >= 0.3 is 6.18 Å². The van der Waals surface area contributed by atoms with E-state index in [0.717, 1.165) is 38.5 Å². The van der Waals surface area contributed by atoms with Crippen LogP contribution in [0.1, 0.15) is 59.3 Å². The summed E-state index contributed by atoms with van der Waals surface area (Å²) in [6.45, 7) is 5.42. The van der Waals surface area contributed by atoms with Crippen LogP contribution in [-0.4, -0.2) is 24.0 Å². The number of unbranched alkanes of at least 4 members (excludes halogenated alkanes) is 1. The molecule has 0 spiro atoms. The van der Waals surface area contributed by atoms with Gasteiger partial charge in [0.25, 0.3) is 0 Å². The van der Waals surface area contributed by atoms with Crippen molar-refractivity contribution in [3.63, 3.8) is 0 Å². The lowest BCUT2D eigenvalue weighted by Gasteiger charge is -2.39. The highest BCUT2D eigenvalue weighted by molar-refractivity contribution is 5.03. The average molecular weight is 306 g/mol. The van der Waals surface area contributed by atoms with E-state index in [1.807, 2.05) is 6.92 Å². The van der Waals surface area contributed by atoms with Crippen LogP contribution in [0.25, 0.3) is 0 Å². The van der Waals surface area contributed by atoms with Crippen LogP contribution in [-0.2, 0) is 9.47 Å². The summed E-state index contributed by atoms with van der Waals surface area (Å²) in [5.41, 5.74) is -0.568. The summed E-state index contributed by atoms with van der Waals surface area (Å²) in [4.78, 5) is 0. The van der Waals surface area contributed by atoms with Crippen molar-refractivity contribution in [3.8, 4) is 0 Å². The minimum absolute atomic E-state index is 0.0520. The Morgan fingerprint density at radius 1 is 1.33 bits per heavy atom. The molecule has 0 aromatic rings. The number of alkyl halides is 3. The standard InChI is InChI=1S/C16H25F3O2/c1-4-5-8-15(3,21-11(2)10-16(17,18)19)13-9-12-6-7-14(13)20-12/h10,12-14H,4-9H2,1-3H3. The highest BCUT2D eigenvalue weighted by Crippen LogP contribution is 2.47. The van der Waals surface area contributed by atoms with Gasteiger partial charge in [-0.05, 0) is 46.0 Å². The topological polar surface area (TPSA) is 18.5 Å². The summed E-state index contributed by atoms with van der Waals surface area (Å²) < 4.78 is 49.1. The zero-order valence-electron chi connectivity index (χ0n) is 13.0. The van der Waals surface area contributed by atoms with E-state index in [9.17, 15) is 13.2 Å². The Bertz CT molecular complexity index is 391. The first kappa shape index (κ1) is 16.7. The molecular formula is C16H25F3O2.